The smallest absolute Gasteiger partial charge is 0.396 e. The summed E-state index contributed by atoms with van der Waals surface area (Å²) in [6.45, 7) is 3.48. The van der Waals surface area contributed by atoms with E-state index in [0.717, 1.165) is 12.1 Å². The zero-order valence-electron chi connectivity index (χ0n) is 11.4. The number of carbonyl (C=O) groups excluding carboxylic acids is 1. The van der Waals surface area contributed by atoms with Crippen LogP contribution in [0.2, 0.25) is 0 Å². The van der Waals surface area contributed by atoms with E-state index in [4.69, 9.17) is 5.11 Å². The van der Waals surface area contributed by atoms with Gasteiger partial charge in [0.2, 0.25) is 0 Å². The predicted octanol–water partition coefficient (Wildman–Crippen LogP) is 2.99. The highest BCUT2D eigenvalue weighted by Gasteiger charge is 2.31. The van der Waals surface area contributed by atoms with Crippen LogP contribution in [0.3, 0.4) is 0 Å². The minimum absolute atomic E-state index is 0.0440. The van der Waals surface area contributed by atoms with Crippen molar-refractivity contribution in [2.24, 2.45) is 0 Å². The molecule has 0 spiro atoms. The summed E-state index contributed by atoms with van der Waals surface area (Å²) in [5.41, 5.74) is -1.54. The minimum atomic E-state index is -4.48. The summed E-state index contributed by atoms with van der Waals surface area (Å²) in [7, 11) is 0. The average Bonchev–Trinajstić information content (AvgIpc) is 2.38. The molecule has 1 amide bonds. The summed E-state index contributed by atoms with van der Waals surface area (Å²) in [6, 6.07) is 4.28. The molecular weight excluding hydrogens is 271 g/mol. The van der Waals surface area contributed by atoms with Gasteiger partial charge in [-0.05, 0) is 38.0 Å². The molecule has 0 aliphatic heterocycles. The Bertz CT molecular complexity index is 474. The third-order valence-electron chi connectivity index (χ3n) is 3.31. The van der Waals surface area contributed by atoms with Crippen LogP contribution >= 0.6 is 0 Å². The van der Waals surface area contributed by atoms with Crippen LogP contribution in [0, 0.1) is 0 Å². The molecule has 1 unspecified atom stereocenters. The molecule has 1 atom stereocenters. The summed E-state index contributed by atoms with van der Waals surface area (Å²) in [5, 5.41) is 11.6. The summed E-state index contributed by atoms with van der Waals surface area (Å²) >= 11 is 0. The topological polar surface area (TPSA) is 49.3 Å². The van der Waals surface area contributed by atoms with Gasteiger partial charge in [-0.15, -0.1) is 0 Å². The SMILES string of the molecule is CCC(C)(CCO)NC(=O)c1cccc(C(F)(F)F)c1. The first-order chi connectivity index (χ1) is 9.22. The average molecular weight is 289 g/mol. The van der Waals surface area contributed by atoms with Gasteiger partial charge in [0.15, 0.2) is 0 Å². The molecule has 2 N–H and O–H groups in total. The van der Waals surface area contributed by atoms with E-state index < -0.39 is 23.2 Å². The fourth-order valence-corrected chi connectivity index (χ4v) is 1.76. The van der Waals surface area contributed by atoms with E-state index in [2.05, 4.69) is 5.32 Å². The van der Waals surface area contributed by atoms with E-state index in [9.17, 15) is 18.0 Å². The molecule has 0 aliphatic carbocycles. The van der Waals surface area contributed by atoms with E-state index >= 15 is 0 Å². The number of alkyl halides is 3. The first-order valence-corrected chi connectivity index (χ1v) is 6.32. The van der Waals surface area contributed by atoms with E-state index in [-0.39, 0.29) is 12.2 Å². The van der Waals surface area contributed by atoms with E-state index in [1.165, 1.54) is 12.1 Å². The highest BCUT2D eigenvalue weighted by atomic mass is 19.4. The first-order valence-electron chi connectivity index (χ1n) is 6.32. The van der Waals surface area contributed by atoms with Crippen molar-refractivity contribution in [3.8, 4) is 0 Å². The molecule has 20 heavy (non-hydrogen) atoms. The van der Waals surface area contributed by atoms with Crippen LogP contribution < -0.4 is 5.32 Å². The molecule has 1 aromatic carbocycles. The Balaban J connectivity index is 2.93. The maximum absolute atomic E-state index is 12.6. The molecule has 0 aromatic heterocycles. The standard InChI is InChI=1S/C14H18F3NO2/c1-3-13(2,7-8-19)18-12(20)10-5-4-6-11(9-10)14(15,16)17/h4-6,9,19H,3,7-8H2,1-2H3,(H,18,20). The van der Waals surface area contributed by atoms with Gasteiger partial charge < -0.3 is 10.4 Å². The number of nitrogens with one attached hydrogen (secondary N) is 1. The van der Waals surface area contributed by atoms with Gasteiger partial charge in [-0.1, -0.05) is 13.0 Å². The van der Waals surface area contributed by atoms with Crippen molar-refractivity contribution in [1.82, 2.24) is 5.32 Å². The molecular formula is C14H18F3NO2. The van der Waals surface area contributed by atoms with Crippen molar-refractivity contribution in [2.75, 3.05) is 6.61 Å². The number of rotatable bonds is 5. The lowest BCUT2D eigenvalue weighted by Gasteiger charge is -2.29. The normalized spacial score (nSPS) is 14.7. The third kappa shape index (κ3) is 4.23. The van der Waals surface area contributed by atoms with E-state index in [1.54, 1.807) is 6.92 Å². The Morgan fingerprint density at radius 2 is 2.00 bits per heavy atom. The van der Waals surface area contributed by atoms with Crippen molar-refractivity contribution in [2.45, 2.75) is 38.4 Å². The second kappa shape index (κ2) is 6.26. The van der Waals surface area contributed by atoms with Gasteiger partial charge in [0.25, 0.3) is 5.91 Å². The highest BCUT2D eigenvalue weighted by molar-refractivity contribution is 5.94. The van der Waals surface area contributed by atoms with Gasteiger partial charge >= 0.3 is 6.18 Å². The lowest BCUT2D eigenvalue weighted by molar-refractivity contribution is -0.137. The molecule has 6 heteroatoms. The molecule has 0 aliphatic rings. The summed E-state index contributed by atoms with van der Waals surface area (Å²) in [5.74, 6) is -0.575. The quantitative estimate of drug-likeness (QED) is 0.875. The molecule has 0 bridgehead atoms. The lowest BCUT2D eigenvalue weighted by Crippen LogP contribution is -2.46. The fourth-order valence-electron chi connectivity index (χ4n) is 1.76. The first kappa shape index (κ1) is 16.5. The summed E-state index contributed by atoms with van der Waals surface area (Å²) in [4.78, 5) is 12.0. The lowest BCUT2D eigenvalue weighted by atomic mass is 9.94. The number of benzene rings is 1. The van der Waals surface area contributed by atoms with Gasteiger partial charge in [0, 0.05) is 17.7 Å². The molecule has 0 saturated heterocycles. The van der Waals surface area contributed by atoms with Crippen molar-refractivity contribution < 1.29 is 23.1 Å². The van der Waals surface area contributed by atoms with E-state index in [1.807, 2.05) is 6.92 Å². The van der Waals surface area contributed by atoms with Crippen molar-refractivity contribution in [3.05, 3.63) is 35.4 Å². The number of carbonyl (C=O) groups is 1. The van der Waals surface area contributed by atoms with E-state index in [0.29, 0.717) is 12.8 Å². The zero-order valence-corrected chi connectivity index (χ0v) is 11.4. The second-order valence-corrected chi connectivity index (χ2v) is 4.92. The largest absolute Gasteiger partial charge is 0.416 e. The Morgan fingerprint density at radius 1 is 1.35 bits per heavy atom. The minimum Gasteiger partial charge on any atom is -0.396 e. The van der Waals surface area contributed by atoms with Crippen LogP contribution in [0.25, 0.3) is 0 Å². The number of halogens is 3. The van der Waals surface area contributed by atoms with Gasteiger partial charge in [0.05, 0.1) is 5.56 Å². The van der Waals surface area contributed by atoms with Gasteiger partial charge in [-0.3, -0.25) is 4.79 Å². The van der Waals surface area contributed by atoms with Crippen LogP contribution in [0.1, 0.15) is 42.6 Å². The van der Waals surface area contributed by atoms with Gasteiger partial charge in [-0.25, -0.2) is 0 Å². The van der Waals surface area contributed by atoms with Gasteiger partial charge in [-0.2, -0.15) is 13.2 Å². The molecule has 0 heterocycles. The number of aliphatic hydroxyl groups is 1. The Hall–Kier alpha value is -1.56. The molecule has 3 nitrogen and oxygen atoms in total. The maximum atomic E-state index is 12.6. The van der Waals surface area contributed by atoms with Crippen LogP contribution in [0.5, 0.6) is 0 Å². The van der Waals surface area contributed by atoms with Crippen LogP contribution in [-0.2, 0) is 6.18 Å². The Labute approximate surface area is 115 Å². The number of amides is 1. The molecule has 0 saturated carbocycles. The number of hydrogen-bond acceptors (Lipinski definition) is 2. The van der Waals surface area contributed by atoms with Gasteiger partial charge in [0.1, 0.15) is 0 Å². The highest BCUT2D eigenvalue weighted by Crippen LogP contribution is 2.29. The van der Waals surface area contributed by atoms with Crippen molar-refractivity contribution in [1.29, 1.82) is 0 Å². The molecule has 112 valence electrons. The summed E-state index contributed by atoms with van der Waals surface area (Å²) in [6.07, 6.45) is -3.57. The van der Waals surface area contributed by atoms with Crippen LogP contribution in [-0.4, -0.2) is 23.2 Å². The third-order valence-corrected chi connectivity index (χ3v) is 3.31. The maximum Gasteiger partial charge on any atom is 0.416 e. The zero-order chi connectivity index (χ0) is 15.4. The van der Waals surface area contributed by atoms with Crippen molar-refractivity contribution >= 4 is 5.91 Å². The Kier molecular flexibility index (Phi) is 5.16. The molecule has 1 aromatic rings. The fraction of sp³-hybridized carbons (Fsp3) is 0.500. The van der Waals surface area contributed by atoms with Crippen LogP contribution in [0.15, 0.2) is 24.3 Å². The summed E-state index contributed by atoms with van der Waals surface area (Å²) < 4.78 is 37.8. The predicted molar refractivity (Wildman–Crippen MR) is 69.3 cm³/mol. The monoisotopic (exact) mass is 289 g/mol. The second-order valence-electron chi connectivity index (χ2n) is 4.92. The van der Waals surface area contributed by atoms with Crippen LogP contribution in [0.4, 0.5) is 13.2 Å². The molecule has 0 fully saturated rings. The molecule has 0 radical (unpaired) electrons. The number of hydrogen-bond donors (Lipinski definition) is 2. The molecule has 1 rings (SSSR count). The van der Waals surface area contributed by atoms with Crippen molar-refractivity contribution in [3.63, 3.8) is 0 Å². The Morgan fingerprint density at radius 3 is 2.50 bits per heavy atom. The number of aliphatic hydroxyl groups excluding tert-OH is 1.